The van der Waals surface area contributed by atoms with Crippen molar-refractivity contribution < 1.29 is 4.79 Å². The number of benzene rings is 3. The van der Waals surface area contributed by atoms with Crippen LogP contribution in [0.4, 0.5) is 5.69 Å². The van der Waals surface area contributed by atoms with Gasteiger partial charge in [0, 0.05) is 27.9 Å². The zero-order chi connectivity index (χ0) is 20.8. The summed E-state index contributed by atoms with van der Waals surface area (Å²) in [6.07, 6.45) is 1.95. The van der Waals surface area contributed by atoms with Crippen LogP contribution in [0.5, 0.6) is 0 Å². The van der Waals surface area contributed by atoms with Gasteiger partial charge in [-0.25, -0.2) is 0 Å². The maximum atomic E-state index is 13.1. The van der Waals surface area contributed by atoms with E-state index in [1.54, 1.807) is 11.8 Å². The lowest BCUT2D eigenvalue weighted by molar-refractivity contribution is -0.121. The van der Waals surface area contributed by atoms with Gasteiger partial charge in [0.25, 0.3) is 0 Å². The molecule has 3 nitrogen and oxygen atoms in total. The van der Waals surface area contributed by atoms with Gasteiger partial charge in [-0.2, -0.15) is 0 Å². The van der Waals surface area contributed by atoms with Crippen LogP contribution >= 0.6 is 23.4 Å². The zero-order valence-electron chi connectivity index (χ0n) is 16.8. The lowest BCUT2D eigenvalue weighted by Crippen LogP contribution is -2.40. The van der Waals surface area contributed by atoms with Crippen molar-refractivity contribution in [3.8, 4) is 0 Å². The number of nitrogens with zero attached hydrogens (tertiary/aromatic N) is 1. The van der Waals surface area contributed by atoms with Gasteiger partial charge < -0.3 is 5.32 Å². The first kappa shape index (κ1) is 21.0. The van der Waals surface area contributed by atoms with E-state index < -0.39 is 0 Å². The van der Waals surface area contributed by atoms with Crippen LogP contribution in [-0.4, -0.2) is 23.9 Å². The molecule has 5 heteroatoms. The minimum absolute atomic E-state index is 0.00674. The Hall–Kier alpha value is -2.27. The van der Waals surface area contributed by atoms with Crippen molar-refractivity contribution >= 4 is 35.0 Å². The maximum absolute atomic E-state index is 13.1. The third-order valence-corrected chi connectivity index (χ3v) is 6.61. The molecule has 1 heterocycles. The fourth-order valence-electron chi connectivity index (χ4n) is 3.82. The standard InChI is InChI=1S/C25H25ClN2OS/c26-21-10-6-8-19(16-21)17-28-15-7-9-20(18-28)25(29)27-23-13-4-5-14-24(23)30-22-11-2-1-3-12-22/h1-6,8,10-14,16,20H,7,9,15,17-18H2,(H,27,29). The Morgan fingerprint density at radius 2 is 1.83 bits per heavy atom. The number of anilines is 1. The van der Waals surface area contributed by atoms with Gasteiger partial charge in [0.05, 0.1) is 11.6 Å². The van der Waals surface area contributed by atoms with Crippen LogP contribution in [0.25, 0.3) is 0 Å². The van der Waals surface area contributed by atoms with Crippen LogP contribution in [0.1, 0.15) is 18.4 Å². The molecule has 30 heavy (non-hydrogen) atoms. The molecule has 3 aromatic carbocycles. The highest BCUT2D eigenvalue weighted by atomic mass is 35.5. The second kappa shape index (κ2) is 10.2. The van der Waals surface area contributed by atoms with Crippen molar-refractivity contribution in [1.29, 1.82) is 0 Å². The Kier molecular flexibility index (Phi) is 7.11. The predicted octanol–water partition coefficient (Wildman–Crippen LogP) is 6.34. The quantitative estimate of drug-likeness (QED) is 0.489. The Morgan fingerprint density at radius 3 is 2.67 bits per heavy atom. The third kappa shape index (κ3) is 5.66. The molecule has 0 saturated carbocycles. The van der Waals surface area contributed by atoms with Gasteiger partial charge in [0.2, 0.25) is 5.91 Å². The number of nitrogens with one attached hydrogen (secondary N) is 1. The van der Waals surface area contributed by atoms with Gasteiger partial charge in [-0.1, -0.05) is 65.8 Å². The van der Waals surface area contributed by atoms with Crippen molar-refractivity contribution in [3.63, 3.8) is 0 Å². The predicted molar refractivity (Wildman–Crippen MR) is 125 cm³/mol. The van der Waals surface area contributed by atoms with E-state index in [9.17, 15) is 4.79 Å². The van der Waals surface area contributed by atoms with Crippen LogP contribution < -0.4 is 5.32 Å². The molecule has 1 N–H and O–H groups in total. The van der Waals surface area contributed by atoms with Gasteiger partial charge >= 0.3 is 0 Å². The topological polar surface area (TPSA) is 32.3 Å². The molecule has 0 bridgehead atoms. The number of piperidine rings is 1. The largest absolute Gasteiger partial charge is 0.325 e. The van der Waals surface area contributed by atoms with E-state index in [2.05, 4.69) is 34.5 Å². The molecular weight excluding hydrogens is 412 g/mol. The maximum Gasteiger partial charge on any atom is 0.228 e. The van der Waals surface area contributed by atoms with E-state index in [-0.39, 0.29) is 11.8 Å². The summed E-state index contributed by atoms with van der Waals surface area (Å²) >= 11 is 7.79. The number of rotatable bonds is 6. The molecule has 1 aliphatic heterocycles. The summed E-state index contributed by atoms with van der Waals surface area (Å²) in [5.74, 6) is 0.0969. The van der Waals surface area contributed by atoms with Crippen molar-refractivity contribution in [2.75, 3.05) is 18.4 Å². The molecule has 1 amide bonds. The van der Waals surface area contributed by atoms with E-state index in [1.165, 1.54) is 5.56 Å². The number of hydrogen-bond acceptors (Lipinski definition) is 3. The van der Waals surface area contributed by atoms with Crippen molar-refractivity contribution in [2.24, 2.45) is 5.92 Å². The average molecular weight is 437 g/mol. The van der Waals surface area contributed by atoms with E-state index in [1.807, 2.05) is 54.6 Å². The summed E-state index contributed by atoms with van der Waals surface area (Å²) in [4.78, 5) is 17.6. The zero-order valence-corrected chi connectivity index (χ0v) is 18.3. The smallest absolute Gasteiger partial charge is 0.228 e. The highest BCUT2D eigenvalue weighted by Gasteiger charge is 2.26. The monoisotopic (exact) mass is 436 g/mol. The first-order valence-corrected chi connectivity index (χ1v) is 11.5. The molecule has 1 saturated heterocycles. The molecule has 0 radical (unpaired) electrons. The molecule has 154 valence electrons. The minimum Gasteiger partial charge on any atom is -0.325 e. The number of hydrogen-bond donors (Lipinski definition) is 1. The number of halogens is 1. The van der Waals surface area contributed by atoms with E-state index in [0.717, 1.165) is 53.0 Å². The fourth-order valence-corrected chi connectivity index (χ4v) is 4.95. The summed E-state index contributed by atoms with van der Waals surface area (Å²) in [7, 11) is 0. The minimum atomic E-state index is -0.00674. The van der Waals surface area contributed by atoms with Crippen LogP contribution in [0.15, 0.2) is 88.7 Å². The van der Waals surface area contributed by atoms with Crippen LogP contribution in [-0.2, 0) is 11.3 Å². The number of para-hydroxylation sites is 1. The molecule has 4 rings (SSSR count). The summed E-state index contributed by atoms with van der Waals surface area (Å²) in [5, 5.41) is 3.94. The van der Waals surface area contributed by atoms with Crippen molar-refractivity contribution in [1.82, 2.24) is 4.90 Å². The number of carbonyl (C=O) groups excluding carboxylic acids is 1. The van der Waals surface area contributed by atoms with Gasteiger partial charge in [-0.15, -0.1) is 0 Å². The van der Waals surface area contributed by atoms with Gasteiger partial charge in [0.15, 0.2) is 0 Å². The van der Waals surface area contributed by atoms with Crippen molar-refractivity contribution in [2.45, 2.75) is 29.2 Å². The summed E-state index contributed by atoms with van der Waals surface area (Å²) < 4.78 is 0. The molecule has 1 atom stereocenters. The highest BCUT2D eigenvalue weighted by Crippen LogP contribution is 2.33. The lowest BCUT2D eigenvalue weighted by Gasteiger charge is -2.32. The number of amides is 1. The Bertz CT molecular complexity index is 995. The van der Waals surface area contributed by atoms with E-state index >= 15 is 0 Å². The second-order valence-corrected chi connectivity index (χ2v) is 9.16. The number of carbonyl (C=O) groups is 1. The molecule has 0 aliphatic carbocycles. The molecule has 1 fully saturated rings. The number of likely N-dealkylation sites (tertiary alicyclic amines) is 1. The average Bonchev–Trinajstić information content (AvgIpc) is 2.76. The van der Waals surface area contributed by atoms with Gasteiger partial charge in [0.1, 0.15) is 0 Å². The highest BCUT2D eigenvalue weighted by molar-refractivity contribution is 7.99. The summed E-state index contributed by atoms with van der Waals surface area (Å²) in [6, 6.07) is 26.2. The molecule has 3 aromatic rings. The van der Waals surface area contributed by atoms with Crippen molar-refractivity contribution in [3.05, 3.63) is 89.4 Å². The van der Waals surface area contributed by atoms with Gasteiger partial charge in [-0.05, 0) is 61.3 Å². The molecule has 1 aliphatic rings. The molecular formula is C25H25ClN2OS. The van der Waals surface area contributed by atoms with Crippen LogP contribution in [0.2, 0.25) is 5.02 Å². The Labute approximate surface area is 187 Å². The van der Waals surface area contributed by atoms with E-state index in [0.29, 0.717) is 0 Å². The molecule has 0 aromatic heterocycles. The first-order chi connectivity index (χ1) is 14.7. The molecule has 0 spiro atoms. The van der Waals surface area contributed by atoms with Crippen LogP contribution in [0.3, 0.4) is 0 Å². The second-order valence-electron chi connectivity index (χ2n) is 7.60. The first-order valence-electron chi connectivity index (χ1n) is 10.3. The van der Waals surface area contributed by atoms with Crippen LogP contribution in [0, 0.1) is 5.92 Å². The molecule has 1 unspecified atom stereocenters. The lowest BCUT2D eigenvalue weighted by atomic mass is 9.96. The fraction of sp³-hybridized carbons (Fsp3) is 0.240. The summed E-state index contributed by atoms with van der Waals surface area (Å²) in [6.45, 7) is 2.61. The normalized spacial score (nSPS) is 16.9. The Balaban J connectivity index is 1.40. The Morgan fingerprint density at radius 1 is 1.03 bits per heavy atom. The summed E-state index contributed by atoms with van der Waals surface area (Å²) in [5.41, 5.74) is 2.07. The third-order valence-electron chi connectivity index (χ3n) is 5.29. The van der Waals surface area contributed by atoms with E-state index in [4.69, 9.17) is 11.6 Å². The SMILES string of the molecule is O=C(Nc1ccccc1Sc1ccccc1)C1CCCN(Cc2cccc(Cl)c2)C1. The van der Waals surface area contributed by atoms with Gasteiger partial charge in [-0.3, -0.25) is 9.69 Å².